The number of carbonyl (C=O) groups is 2. The Bertz CT molecular complexity index is 964. The van der Waals surface area contributed by atoms with Gasteiger partial charge in [-0.1, -0.05) is 12.1 Å². The highest BCUT2D eigenvalue weighted by atomic mass is 16.5. The van der Waals surface area contributed by atoms with E-state index in [0.29, 0.717) is 30.0 Å². The summed E-state index contributed by atoms with van der Waals surface area (Å²) in [4.78, 5) is 29.5. The maximum Gasteiger partial charge on any atom is 0.295 e. The van der Waals surface area contributed by atoms with Gasteiger partial charge in [0.15, 0.2) is 0 Å². The van der Waals surface area contributed by atoms with Crippen LogP contribution in [0.1, 0.15) is 23.6 Å². The van der Waals surface area contributed by atoms with E-state index in [0.717, 1.165) is 12.1 Å². The Morgan fingerprint density at radius 3 is 2.03 bits per heavy atom. The number of likely N-dealkylation sites (tertiary alicyclic amines) is 1. The van der Waals surface area contributed by atoms with Crippen molar-refractivity contribution in [3.8, 4) is 11.5 Å². The Morgan fingerprint density at radius 1 is 0.968 bits per heavy atom. The molecule has 1 atom stereocenters. The van der Waals surface area contributed by atoms with E-state index >= 15 is 0 Å². The summed E-state index contributed by atoms with van der Waals surface area (Å²) in [6, 6.07) is 13.2. The summed E-state index contributed by atoms with van der Waals surface area (Å²) < 4.78 is 10.4. The molecule has 1 amide bonds. The third kappa shape index (κ3) is 4.72. The first-order valence-corrected chi connectivity index (χ1v) is 10.1. The van der Waals surface area contributed by atoms with Gasteiger partial charge in [0.2, 0.25) is 0 Å². The molecule has 1 saturated heterocycles. The van der Waals surface area contributed by atoms with Crippen molar-refractivity contribution in [1.29, 1.82) is 0 Å². The summed E-state index contributed by atoms with van der Waals surface area (Å²) in [5.74, 6) is -0.179. The molecule has 0 bridgehead atoms. The van der Waals surface area contributed by atoms with Crippen LogP contribution in [0.3, 0.4) is 0 Å². The monoisotopic (exact) mass is 424 g/mol. The Balaban J connectivity index is 2.06. The fraction of sp³-hybridized carbons (Fsp3) is 0.333. The number of aliphatic hydroxyl groups excluding tert-OH is 1. The standard InChI is InChI=1S/C24H28N2O5/c1-25(2)14-5-15-26-21(16-6-10-18(30-3)11-7-16)20(23(28)24(26)29)22(27)17-8-12-19(31-4)13-9-17/h6-13,21,27H,5,14-15H2,1-4H3. The molecular formula is C24H28N2O5. The minimum Gasteiger partial charge on any atom is -0.507 e. The number of aliphatic hydroxyl groups is 1. The number of ketones is 1. The highest BCUT2D eigenvalue weighted by Crippen LogP contribution is 2.40. The van der Waals surface area contributed by atoms with E-state index in [1.165, 1.54) is 0 Å². The number of hydrogen-bond acceptors (Lipinski definition) is 6. The number of Topliss-reactive ketones (excluding diaryl/α,β-unsaturated/α-hetero) is 1. The molecule has 0 radical (unpaired) electrons. The lowest BCUT2D eigenvalue weighted by atomic mass is 9.95. The molecule has 7 heteroatoms. The fourth-order valence-corrected chi connectivity index (χ4v) is 3.71. The number of hydrogen-bond donors (Lipinski definition) is 1. The Kier molecular flexibility index (Phi) is 6.97. The first kappa shape index (κ1) is 22.4. The third-order valence-corrected chi connectivity index (χ3v) is 5.34. The molecule has 1 aliphatic rings. The lowest BCUT2D eigenvalue weighted by molar-refractivity contribution is -0.139. The van der Waals surface area contributed by atoms with Gasteiger partial charge < -0.3 is 24.4 Å². The van der Waals surface area contributed by atoms with E-state index in [9.17, 15) is 14.7 Å². The van der Waals surface area contributed by atoms with Crippen LogP contribution in [0.4, 0.5) is 0 Å². The summed E-state index contributed by atoms with van der Waals surface area (Å²) in [6.45, 7) is 1.18. The first-order valence-electron chi connectivity index (χ1n) is 10.1. The van der Waals surface area contributed by atoms with Crippen LogP contribution in [0.15, 0.2) is 54.1 Å². The molecule has 1 aliphatic heterocycles. The maximum atomic E-state index is 13.0. The second-order valence-corrected chi connectivity index (χ2v) is 7.65. The van der Waals surface area contributed by atoms with Crippen molar-refractivity contribution in [2.75, 3.05) is 41.4 Å². The second-order valence-electron chi connectivity index (χ2n) is 7.65. The molecule has 3 rings (SSSR count). The number of rotatable bonds is 8. The Morgan fingerprint density at radius 2 is 1.52 bits per heavy atom. The Hall–Kier alpha value is -3.32. The van der Waals surface area contributed by atoms with Crippen molar-refractivity contribution in [3.05, 3.63) is 65.2 Å². The zero-order valence-electron chi connectivity index (χ0n) is 18.3. The van der Waals surface area contributed by atoms with E-state index in [1.807, 2.05) is 31.1 Å². The predicted octanol–water partition coefficient (Wildman–Crippen LogP) is 3.08. The summed E-state index contributed by atoms with van der Waals surface area (Å²) in [5.41, 5.74) is 1.27. The van der Waals surface area contributed by atoms with Crippen LogP contribution in [0, 0.1) is 0 Å². The molecule has 164 valence electrons. The van der Waals surface area contributed by atoms with Gasteiger partial charge >= 0.3 is 0 Å². The molecule has 1 heterocycles. The van der Waals surface area contributed by atoms with Crippen LogP contribution in [0.2, 0.25) is 0 Å². The van der Waals surface area contributed by atoms with Crippen LogP contribution < -0.4 is 9.47 Å². The molecule has 0 aromatic heterocycles. The van der Waals surface area contributed by atoms with Crippen LogP contribution in [-0.2, 0) is 9.59 Å². The van der Waals surface area contributed by atoms with E-state index in [2.05, 4.69) is 0 Å². The van der Waals surface area contributed by atoms with Crippen molar-refractivity contribution < 1.29 is 24.2 Å². The minimum atomic E-state index is -0.681. The quantitative estimate of drug-likeness (QED) is 0.399. The van der Waals surface area contributed by atoms with Gasteiger partial charge in [-0.25, -0.2) is 0 Å². The van der Waals surface area contributed by atoms with Crippen molar-refractivity contribution >= 4 is 17.4 Å². The van der Waals surface area contributed by atoms with Crippen molar-refractivity contribution in [3.63, 3.8) is 0 Å². The van der Waals surface area contributed by atoms with Crippen LogP contribution in [-0.4, -0.2) is 68.0 Å². The Labute approximate surface area is 182 Å². The normalized spacial score (nSPS) is 18.0. The average Bonchev–Trinajstić information content (AvgIpc) is 3.03. The number of carbonyl (C=O) groups excluding carboxylic acids is 2. The van der Waals surface area contributed by atoms with Crippen LogP contribution in [0.5, 0.6) is 11.5 Å². The number of methoxy groups -OCH3 is 2. The highest BCUT2D eigenvalue weighted by molar-refractivity contribution is 6.46. The molecule has 1 unspecified atom stereocenters. The lowest BCUT2D eigenvalue weighted by Gasteiger charge is -2.26. The number of amides is 1. The summed E-state index contributed by atoms with van der Waals surface area (Å²) in [7, 11) is 7.04. The van der Waals surface area contributed by atoms with Gasteiger partial charge in [0.1, 0.15) is 17.3 Å². The average molecular weight is 424 g/mol. The lowest BCUT2D eigenvalue weighted by Crippen LogP contribution is -2.32. The van der Waals surface area contributed by atoms with Gasteiger partial charge in [-0.05, 0) is 69.0 Å². The number of ether oxygens (including phenoxy) is 2. The van der Waals surface area contributed by atoms with Gasteiger partial charge in [0.05, 0.1) is 25.8 Å². The van der Waals surface area contributed by atoms with Gasteiger partial charge in [0, 0.05) is 12.1 Å². The van der Waals surface area contributed by atoms with Crippen LogP contribution in [0.25, 0.3) is 5.76 Å². The molecule has 2 aromatic carbocycles. The van der Waals surface area contributed by atoms with Gasteiger partial charge in [-0.2, -0.15) is 0 Å². The SMILES string of the molecule is COc1ccc(C(O)=C2C(=O)C(=O)N(CCCN(C)C)C2c2ccc(OC)cc2)cc1. The van der Waals surface area contributed by atoms with Crippen molar-refractivity contribution in [2.45, 2.75) is 12.5 Å². The van der Waals surface area contributed by atoms with E-state index in [-0.39, 0.29) is 11.3 Å². The molecular weight excluding hydrogens is 396 g/mol. The highest BCUT2D eigenvalue weighted by Gasteiger charge is 2.45. The fourth-order valence-electron chi connectivity index (χ4n) is 3.71. The maximum absolute atomic E-state index is 13.0. The van der Waals surface area contributed by atoms with Gasteiger partial charge in [0.25, 0.3) is 11.7 Å². The van der Waals surface area contributed by atoms with Crippen molar-refractivity contribution in [1.82, 2.24) is 9.80 Å². The molecule has 1 N–H and O–H groups in total. The first-order chi connectivity index (χ1) is 14.9. The van der Waals surface area contributed by atoms with Crippen LogP contribution >= 0.6 is 0 Å². The van der Waals surface area contributed by atoms with E-state index in [1.54, 1.807) is 55.5 Å². The minimum absolute atomic E-state index is 0.0881. The summed E-state index contributed by atoms with van der Waals surface area (Å²) in [5, 5.41) is 11.0. The molecule has 0 saturated carbocycles. The third-order valence-electron chi connectivity index (χ3n) is 5.34. The summed E-state index contributed by atoms with van der Waals surface area (Å²) >= 11 is 0. The second kappa shape index (κ2) is 9.66. The predicted molar refractivity (Wildman–Crippen MR) is 118 cm³/mol. The largest absolute Gasteiger partial charge is 0.507 e. The molecule has 0 aliphatic carbocycles. The number of benzene rings is 2. The molecule has 2 aromatic rings. The molecule has 31 heavy (non-hydrogen) atoms. The van der Waals surface area contributed by atoms with Gasteiger partial charge in [-0.15, -0.1) is 0 Å². The number of nitrogens with zero attached hydrogens (tertiary/aromatic N) is 2. The van der Waals surface area contributed by atoms with Gasteiger partial charge in [-0.3, -0.25) is 9.59 Å². The zero-order valence-corrected chi connectivity index (χ0v) is 18.3. The molecule has 0 spiro atoms. The van der Waals surface area contributed by atoms with E-state index in [4.69, 9.17) is 9.47 Å². The van der Waals surface area contributed by atoms with E-state index < -0.39 is 17.7 Å². The zero-order chi connectivity index (χ0) is 22.5. The molecule has 1 fully saturated rings. The smallest absolute Gasteiger partial charge is 0.295 e. The molecule has 7 nitrogen and oxygen atoms in total. The van der Waals surface area contributed by atoms with Crippen molar-refractivity contribution in [2.24, 2.45) is 0 Å². The summed E-state index contributed by atoms with van der Waals surface area (Å²) in [6.07, 6.45) is 0.704. The topological polar surface area (TPSA) is 79.3 Å².